The summed E-state index contributed by atoms with van der Waals surface area (Å²) in [4.78, 5) is 38.8. The number of hydrogen-bond donors (Lipinski definition) is 3. The summed E-state index contributed by atoms with van der Waals surface area (Å²) < 4.78 is 0. The summed E-state index contributed by atoms with van der Waals surface area (Å²) >= 11 is 0. The van der Waals surface area contributed by atoms with Gasteiger partial charge in [-0.05, 0) is 24.5 Å². The normalized spacial score (nSPS) is 18.0. The van der Waals surface area contributed by atoms with Crippen molar-refractivity contribution in [3.63, 3.8) is 0 Å². The van der Waals surface area contributed by atoms with Crippen LogP contribution in [-0.2, 0) is 20.8 Å². The van der Waals surface area contributed by atoms with Gasteiger partial charge in [-0.3, -0.25) is 19.8 Å². The lowest BCUT2D eigenvalue weighted by atomic mass is 9.99. The summed E-state index contributed by atoms with van der Waals surface area (Å²) in [6.07, 6.45) is 0.725. The van der Waals surface area contributed by atoms with Crippen LogP contribution in [0.2, 0.25) is 0 Å². The fraction of sp³-hybridized carbons (Fsp3) is 0.474. The maximum absolute atomic E-state index is 12.7. The second kappa shape index (κ2) is 8.12. The molecule has 1 aliphatic heterocycles. The second-order valence-electron chi connectivity index (χ2n) is 6.91. The topological polar surface area (TPSA) is 102 Å². The van der Waals surface area contributed by atoms with E-state index in [1.807, 2.05) is 24.3 Å². The fourth-order valence-electron chi connectivity index (χ4n) is 2.80. The molecule has 7 nitrogen and oxygen atoms in total. The van der Waals surface area contributed by atoms with Gasteiger partial charge in [0, 0.05) is 19.5 Å². The van der Waals surface area contributed by atoms with Crippen molar-refractivity contribution in [2.24, 2.45) is 5.92 Å². The smallest absolute Gasteiger partial charge is 0.265 e. The van der Waals surface area contributed by atoms with E-state index in [-0.39, 0.29) is 17.5 Å². The van der Waals surface area contributed by atoms with E-state index in [9.17, 15) is 14.4 Å². The van der Waals surface area contributed by atoms with E-state index in [0.29, 0.717) is 6.54 Å². The quantitative estimate of drug-likeness (QED) is 0.685. The molecule has 0 unspecified atom stereocenters. The molecular weight excluding hydrogens is 332 g/mol. The Kier molecular flexibility index (Phi) is 6.13. The van der Waals surface area contributed by atoms with E-state index < -0.39 is 23.9 Å². The van der Waals surface area contributed by atoms with Gasteiger partial charge < -0.3 is 15.5 Å². The third kappa shape index (κ3) is 4.28. The number of carbonyl (C=O) groups is 3. The molecule has 0 radical (unpaired) electrons. The van der Waals surface area contributed by atoms with Crippen LogP contribution < -0.4 is 10.6 Å². The molecule has 0 bridgehead atoms. The Morgan fingerprint density at radius 3 is 2.54 bits per heavy atom. The Labute approximate surface area is 153 Å². The van der Waals surface area contributed by atoms with Gasteiger partial charge in [-0.2, -0.15) is 0 Å². The van der Waals surface area contributed by atoms with Gasteiger partial charge in [0.2, 0.25) is 11.8 Å². The van der Waals surface area contributed by atoms with Crippen LogP contribution in [0.5, 0.6) is 0 Å². The van der Waals surface area contributed by atoms with Gasteiger partial charge in [-0.15, -0.1) is 0 Å². The molecule has 0 aromatic heterocycles. The first-order valence-corrected chi connectivity index (χ1v) is 8.74. The van der Waals surface area contributed by atoms with Crippen molar-refractivity contribution in [1.82, 2.24) is 15.5 Å². The van der Waals surface area contributed by atoms with Crippen molar-refractivity contribution in [2.45, 2.75) is 39.3 Å². The highest BCUT2D eigenvalue weighted by atomic mass is 16.2. The minimum Gasteiger partial charge on any atom is -0.343 e. The number of benzene rings is 1. The van der Waals surface area contributed by atoms with Crippen molar-refractivity contribution < 1.29 is 14.4 Å². The summed E-state index contributed by atoms with van der Waals surface area (Å²) in [6.45, 7) is 5.60. The van der Waals surface area contributed by atoms with Crippen molar-refractivity contribution in [3.05, 3.63) is 35.4 Å². The second-order valence-corrected chi connectivity index (χ2v) is 6.91. The van der Waals surface area contributed by atoms with Gasteiger partial charge >= 0.3 is 0 Å². The lowest BCUT2D eigenvalue weighted by Crippen LogP contribution is -2.50. The molecule has 0 spiro atoms. The molecule has 140 valence electrons. The molecule has 0 aliphatic carbocycles. The summed E-state index contributed by atoms with van der Waals surface area (Å²) in [5.74, 6) is -1.45. The Balaban J connectivity index is 2.14. The Bertz CT molecular complexity index is 729. The SMILES string of the molecule is CC(C)C(=N)C(=O)N[C@@H](C)C(=O)N[C@@H]1C(=O)N(C)CCc2ccccc21. The van der Waals surface area contributed by atoms with Crippen LogP contribution in [0.3, 0.4) is 0 Å². The minimum atomic E-state index is -0.852. The summed E-state index contributed by atoms with van der Waals surface area (Å²) in [5, 5.41) is 13.0. The molecule has 3 amide bonds. The predicted octanol–water partition coefficient (Wildman–Crippen LogP) is 1.04. The Hall–Kier alpha value is -2.70. The predicted molar refractivity (Wildman–Crippen MR) is 98.8 cm³/mol. The number of rotatable bonds is 5. The maximum atomic E-state index is 12.7. The zero-order chi connectivity index (χ0) is 19.4. The summed E-state index contributed by atoms with van der Waals surface area (Å²) in [7, 11) is 1.71. The van der Waals surface area contributed by atoms with Crippen molar-refractivity contribution in [1.29, 1.82) is 5.41 Å². The standard InChI is InChI=1S/C19H26N4O3/c1-11(2)15(20)18(25)21-12(3)17(24)22-16-14-8-6-5-7-13(14)9-10-23(4)19(16)26/h5-8,11-12,16,20H,9-10H2,1-4H3,(H,21,25)(H,22,24)/t12-,16-/m0/s1. The average molecular weight is 358 g/mol. The van der Waals surface area contributed by atoms with Crippen molar-refractivity contribution in [2.75, 3.05) is 13.6 Å². The maximum Gasteiger partial charge on any atom is 0.265 e. The third-order valence-corrected chi connectivity index (χ3v) is 4.56. The first-order valence-electron chi connectivity index (χ1n) is 8.74. The van der Waals surface area contributed by atoms with Gasteiger partial charge in [-0.25, -0.2) is 0 Å². The van der Waals surface area contributed by atoms with E-state index in [4.69, 9.17) is 5.41 Å². The molecule has 2 atom stereocenters. The van der Waals surface area contributed by atoms with Crippen molar-refractivity contribution in [3.8, 4) is 0 Å². The van der Waals surface area contributed by atoms with Crippen LogP contribution in [0.25, 0.3) is 0 Å². The van der Waals surface area contributed by atoms with E-state index in [2.05, 4.69) is 10.6 Å². The van der Waals surface area contributed by atoms with Crippen LogP contribution >= 0.6 is 0 Å². The molecule has 0 fully saturated rings. The minimum absolute atomic E-state index is 0.0831. The molecule has 0 saturated carbocycles. The Morgan fingerprint density at radius 1 is 1.23 bits per heavy atom. The van der Waals surface area contributed by atoms with E-state index in [1.54, 1.807) is 25.8 Å². The zero-order valence-electron chi connectivity index (χ0n) is 15.6. The number of carbonyl (C=O) groups excluding carboxylic acids is 3. The molecule has 1 heterocycles. The van der Waals surface area contributed by atoms with Gasteiger partial charge in [0.15, 0.2) is 0 Å². The fourth-order valence-corrected chi connectivity index (χ4v) is 2.80. The third-order valence-electron chi connectivity index (χ3n) is 4.56. The molecule has 7 heteroatoms. The molecule has 26 heavy (non-hydrogen) atoms. The first kappa shape index (κ1) is 19.6. The average Bonchev–Trinajstić information content (AvgIpc) is 2.73. The van der Waals surface area contributed by atoms with Crippen LogP contribution in [0.4, 0.5) is 0 Å². The molecular formula is C19H26N4O3. The highest BCUT2D eigenvalue weighted by Gasteiger charge is 2.31. The number of fused-ring (bicyclic) bond motifs is 1. The molecule has 0 saturated heterocycles. The Morgan fingerprint density at radius 2 is 1.88 bits per heavy atom. The molecule has 1 aromatic rings. The van der Waals surface area contributed by atoms with E-state index in [1.165, 1.54) is 6.92 Å². The van der Waals surface area contributed by atoms with Crippen molar-refractivity contribution >= 4 is 23.4 Å². The number of nitrogens with one attached hydrogen (secondary N) is 3. The molecule has 2 rings (SSSR count). The highest BCUT2D eigenvalue weighted by molar-refractivity contribution is 6.38. The molecule has 1 aliphatic rings. The monoisotopic (exact) mass is 358 g/mol. The van der Waals surface area contributed by atoms with Crippen LogP contribution in [0.15, 0.2) is 24.3 Å². The van der Waals surface area contributed by atoms with Gasteiger partial charge in [0.05, 0.1) is 5.71 Å². The van der Waals surface area contributed by atoms with Crippen LogP contribution in [-0.4, -0.2) is 48.0 Å². The number of hydrogen-bond acceptors (Lipinski definition) is 4. The van der Waals surface area contributed by atoms with E-state index >= 15 is 0 Å². The lowest BCUT2D eigenvalue weighted by Gasteiger charge is -2.24. The summed E-state index contributed by atoms with van der Waals surface area (Å²) in [5.41, 5.74) is 1.72. The first-order chi connectivity index (χ1) is 12.2. The molecule has 1 aromatic carbocycles. The van der Waals surface area contributed by atoms with Crippen LogP contribution in [0.1, 0.15) is 37.9 Å². The van der Waals surface area contributed by atoms with Gasteiger partial charge in [0.25, 0.3) is 5.91 Å². The zero-order valence-corrected chi connectivity index (χ0v) is 15.6. The number of amides is 3. The van der Waals surface area contributed by atoms with Crippen LogP contribution in [0, 0.1) is 11.3 Å². The van der Waals surface area contributed by atoms with Gasteiger partial charge in [0.1, 0.15) is 12.1 Å². The van der Waals surface area contributed by atoms with E-state index in [0.717, 1.165) is 17.5 Å². The summed E-state index contributed by atoms with van der Waals surface area (Å²) in [6, 6.07) is 5.91. The largest absolute Gasteiger partial charge is 0.343 e. The van der Waals surface area contributed by atoms with Gasteiger partial charge in [-0.1, -0.05) is 38.1 Å². The lowest BCUT2D eigenvalue weighted by molar-refractivity contribution is -0.136. The number of nitrogens with zero attached hydrogens (tertiary/aromatic N) is 1. The highest BCUT2D eigenvalue weighted by Crippen LogP contribution is 2.24. The number of likely N-dealkylation sites (N-methyl/N-ethyl adjacent to an activating group) is 1. The molecule has 3 N–H and O–H groups in total.